The quantitative estimate of drug-likeness (QED) is 0.592. The number of halogens is 3. The maximum Gasteiger partial charge on any atom is 0.387 e. The molecule has 0 radical (unpaired) electrons. The molecule has 1 rings (SSSR count). The Morgan fingerprint density at radius 3 is 2.61 bits per heavy atom. The predicted molar refractivity (Wildman–Crippen MR) is 67.0 cm³/mol. The highest BCUT2D eigenvalue weighted by Gasteiger charge is 2.21. The van der Waals surface area contributed by atoms with Crippen LogP contribution in [0.4, 0.5) is 8.78 Å². The number of carbonyl (C=O) groups excluding carboxylic acids is 1. The minimum absolute atomic E-state index is 0.0524. The van der Waals surface area contributed by atoms with Crippen LogP contribution in [0.1, 0.15) is 24.2 Å². The van der Waals surface area contributed by atoms with Crippen molar-refractivity contribution >= 4 is 21.7 Å². The fourth-order valence-corrected chi connectivity index (χ4v) is 1.65. The second-order valence-electron chi connectivity index (χ2n) is 3.42. The third kappa shape index (κ3) is 3.66. The van der Waals surface area contributed by atoms with Crippen LogP contribution < -0.4 is 9.47 Å². The monoisotopic (exact) mass is 322 g/mol. The van der Waals surface area contributed by atoms with E-state index in [9.17, 15) is 13.6 Å². The SMILES string of the molecule is CCOc1c(OC(F)F)cccc1C(=O)C(C)Br. The second kappa shape index (κ2) is 6.68. The molecular formula is C12H13BrF2O3. The molecule has 1 aromatic rings. The molecule has 6 heteroatoms. The molecule has 1 aromatic carbocycles. The summed E-state index contributed by atoms with van der Waals surface area (Å²) in [5.41, 5.74) is 0.222. The van der Waals surface area contributed by atoms with E-state index in [1.54, 1.807) is 13.8 Å². The summed E-state index contributed by atoms with van der Waals surface area (Å²) < 4.78 is 34.1. The zero-order valence-electron chi connectivity index (χ0n) is 9.95. The number of hydrogen-bond acceptors (Lipinski definition) is 3. The average molecular weight is 323 g/mol. The first-order valence-electron chi connectivity index (χ1n) is 5.36. The Labute approximate surface area is 112 Å². The van der Waals surface area contributed by atoms with Gasteiger partial charge in [-0.25, -0.2) is 0 Å². The van der Waals surface area contributed by atoms with Crippen LogP contribution in [0.25, 0.3) is 0 Å². The van der Waals surface area contributed by atoms with Crippen LogP contribution in [0.15, 0.2) is 18.2 Å². The van der Waals surface area contributed by atoms with Gasteiger partial charge in [-0.15, -0.1) is 0 Å². The van der Waals surface area contributed by atoms with E-state index in [2.05, 4.69) is 20.7 Å². The highest BCUT2D eigenvalue weighted by molar-refractivity contribution is 9.10. The van der Waals surface area contributed by atoms with Crippen molar-refractivity contribution in [2.24, 2.45) is 0 Å². The first-order chi connectivity index (χ1) is 8.47. The van der Waals surface area contributed by atoms with Gasteiger partial charge in [-0.05, 0) is 26.0 Å². The average Bonchev–Trinajstić information content (AvgIpc) is 2.30. The van der Waals surface area contributed by atoms with Crippen LogP contribution in [-0.4, -0.2) is 23.8 Å². The number of hydrogen-bond donors (Lipinski definition) is 0. The van der Waals surface area contributed by atoms with Gasteiger partial charge in [0.05, 0.1) is 17.0 Å². The summed E-state index contributed by atoms with van der Waals surface area (Å²) >= 11 is 3.14. The molecule has 100 valence electrons. The number of ether oxygens (including phenoxy) is 2. The third-order valence-corrected chi connectivity index (χ3v) is 2.53. The maximum absolute atomic E-state index is 12.3. The molecule has 0 bridgehead atoms. The molecule has 0 aromatic heterocycles. The van der Waals surface area contributed by atoms with Gasteiger partial charge in [-0.2, -0.15) is 8.78 Å². The minimum atomic E-state index is -2.96. The largest absolute Gasteiger partial charge is 0.489 e. The molecule has 18 heavy (non-hydrogen) atoms. The van der Waals surface area contributed by atoms with E-state index in [0.717, 1.165) is 0 Å². The van der Waals surface area contributed by atoms with Crippen LogP contribution in [-0.2, 0) is 0 Å². The molecule has 0 fully saturated rings. The number of para-hydroxylation sites is 1. The number of alkyl halides is 3. The Kier molecular flexibility index (Phi) is 5.53. The summed E-state index contributed by atoms with van der Waals surface area (Å²) in [5.74, 6) is -0.333. The molecule has 0 aliphatic carbocycles. The van der Waals surface area contributed by atoms with E-state index >= 15 is 0 Å². The lowest BCUT2D eigenvalue weighted by molar-refractivity contribution is -0.0515. The molecule has 0 N–H and O–H groups in total. The summed E-state index contributed by atoms with van der Waals surface area (Å²) in [6.07, 6.45) is 0. The maximum atomic E-state index is 12.3. The lowest BCUT2D eigenvalue weighted by Gasteiger charge is -2.15. The number of Topliss-reactive ketones (excluding diaryl/α,β-unsaturated/α-hetero) is 1. The van der Waals surface area contributed by atoms with Crippen LogP contribution in [0.3, 0.4) is 0 Å². The van der Waals surface area contributed by atoms with E-state index in [1.807, 2.05) is 0 Å². The van der Waals surface area contributed by atoms with Crippen LogP contribution in [0.2, 0.25) is 0 Å². The molecule has 0 aliphatic rings. The Morgan fingerprint density at radius 2 is 2.11 bits per heavy atom. The number of carbonyl (C=O) groups is 1. The highest BCUT2D eigenvalue weighted by Crippen LogP contribution is 2.33. The molecule has 1 atom stereocenters. The molecule has 0 amide bonds. The first-order valence-corrected chi connectivity index (χ1v) is 6.27. The smallest absolute Gasteiger partial charge is 0.387 e. The van der Waals surface area contributed by atoms with Gasteiger partial charge in [0.2, 0.25) is 0 Å². The molecule has 0 spiro atoms. The van der Waals surface area contributed by atoms with E-state index in [4.69, 9.17) is 4.74 Å². The van der Waals surface area contributed by atoms with Gasteiger partial charge in [-0.1, -0.05) is 22.0 Å². The highest BCUT2D eigenvalue weighted by atomic mass is 79.9. The van der Waals surface area contributed by atoms with Crippen molar-refractivity contribution in [3.63, 3.8) is 0 Å². The predicted octanol–water partition coefficient (Wildman–Crippen LogP) is 3.65. The van der Waals surface area contributed by atoms with E-state index < -0.39 is 11.4 Å². The lowest BCUT2D eigenvalue weighted by Crippen LogP contribution is -2.13. The summed E-state index contributed by atoms with van der Waals surface area (Å²) in [6, 6.07) is 4.33. The third-order valence-electron chi connectivity index (χ3n) is 2.11. The molecule has 0 heterocycles. The van der Waals surface area contributed by atoms with Gasteiger partial charge < -0.3 is 9.47 Å². The molecule has 0 saturated carbocycles. The van der Waals surface area contributed by atoms with Crippen LogP contribution in [0.5, 0.6) is 11.5 Å². The van der Waals surface area contributed by atoms with Crippen LogP contribution >= 0.6 is 15.9 Å². The summed E-state index contributed by atoms with van der Waals surface area (Å²) in [6.45, 7) is 0.639. The molecular weight excluding hydrogens is 310 g/mol. The van der Waals surface area contributed by atoms with E-state index in [0.29, 0.717) is 0 Å². The Morgan fingerprint density at radius 1 is 1.44 bits per heavy atom. The lowest BCUT2D eigenvalue weighted by atomic mass is 10.1. The summed E-state index contributed by atoms with van der Waals surface area (Å²) in [5, 5.41) is 0. The zero-order valence-corrected chi connectivity index (χ0v) is 11.5. The van der Waals surface area contributed by atoms with Crippen molar-refractivity contribution in [3.05, 3.63) is 23.8 Å². The van der Waals surface area contributed by atoms with Crippen molar-refractivity contribution < 1.29 is 23.0 Å². The van der Waals surface area contributed by atoms with Crippen molar-refractivity contribution in [2.75, 3.05) is 6.61 Å². The fourth-order valence-electron chi connectivity index (χ4n) is 1.41. The van der Waals surface area contributed by atoms with Crippen molar-refractivity contribution in [2.45, 2.75) is 25.3 Å². The van der Waals surface area contributed by atoms with Gasteiger partial charge in [0, 0.05) is 0 Å². The second-order valence-corrected chi connectivity index (χ2v) is 4.80. The first kappa shape index (κ1) is 14.9. The van der Waals surface area contributed by atoms with E-state index in [1.165, 1.54) is 18.2 Å². The molecule has 0 aliphatic heterocycles. The Hall–Kier alpha value is -1.17. The normalized spacial score (nSPS) is 12.3. The van der Waals surface area contributed by atoms with Gasteiger partial charge in [0.1, 0.15) is 0 Å². The summed E-state index contributed by atoms with van der Waals surface area (Å²) in [4.78, 5) is 11.5. The van der Waals surface area contributed by atoms with Crippen molar-refractivity contribution in [1.82, 2.24) is 0 Å². The fraction of sp³-hybridized carbons (Fsp3) is 0.417. The van der Waals surface area contributed by atoms with Crippen molar-refractivity contribution in [3.8, 4) is 11.5 Å². The zero-order chi connectivity index (χ0) is 13.7. The van der Waals surface area contributed by atoms with Gasteiger partial charge in [0.15, 0.2) is 17.3 Å². The topological polar surface area (TPSA) is 35.5 Å². The standard InChI is InChI=1S/C12H13BrF2O3/c1-3-17-11-8(10(16)7(2)13)5-4-6-9(11)18-12(14)15/h4-7,12H,3H2,1-2H3. The molecule has 3 nitrogen and oxygen atoms in total. The molecule has 1 unspecified atom stereocenters. The molecule has 0 saturated heterocycles. The van der Waals surface area contributed by atoms with Gasteiger partial charge >= 0.3 is 6.61 Å². The van der Waals surface area contributed by atoms with Crippen LogP contribution in [0, 0.1) is 0 Å². The summed E-state index contributed by atoms with van der Waals surface area (Å²) in [7, 11) is 0. The number of rotatable bonds is 6. The Balaban J connectivity index is 3.20. The minimum Gasteiger partial charge on any atom is -0.489 e. The van der Waals surface area contributed by atoms with Crippen molar-refractivity contribution in [1.29, 1.82) is 0 Å². The Bertz CT molecular complexity index is 422. The van der Waals surface area contributed by atoms with E-state index in [-0.39, 0.29) is 29.5 Å². The van der Waals surface area contributed by atoms with Gasteiger partial charge in [-0.3, -0.25) is 4.79 Å². The number of benzene rings is 1. The number of ketones is 1. The van der Waals surface area contributed by atoms with Gasteiger partial charge in [0.25, 0.3) is 0 Å².